The number of nitrogens with one attached hydrogen (secondary N) is 1. The van der Waals surface area contributed by atoms with Crippen molar-refractivity contribution < 1.29 is 14.3 Å². The molecule has 4 nitrogen and oxygen atoms in total. The first-order chi connectivity index (χ1) is 7.63. The van der Waals surface area contributed by atoms with Crippen LogP contribution < -0.4 is 5.32 Å². The number of ether oxygens (including phenoxy) is 1. The first-order valence-electron chi connectivity index (χ1n) is 6.00. The van der Waals surface area contributed by atoms with E-state index >= 15 is 0 Å². The highest BCUT2D eigenvalue weighted by atomic mass is 16.5. The molecule has 4 heteroatoms. The van der Waals surface area contributed by atoms with Gasteiger partial charge in [-0.15, -0.1) is 0 Å². The number of carbonyl (C=O) groups excluding carboxylic acids is 2. The Bertz CT molecular complexity index is 247. The van der Waals surface area contributed by atoms with Crippen LogP contribution in [-0.2, 0) is 14.3 Å². The molecule has 0 bridgehead atoms. The van der Waals surface area contributed by atoms with Gasteiger partial charge in [0.15, 0.2) is 0 Å². The van der Waals surface area contributed by atoms with Crippen LogP contribution in [0.5, 0.6) is 0 Å². The Morgan fingerprint density at radius 1 is 1.31 bits per heavy atom. The second-order valence-corrected chi connectivity index (χ2v) is 4.52. The lowest BCUT2D eigenvalue weighted by atomic mass is 9.87. The lowest BCUT2D eigenvalue weighted by Gasteiger charge is -2.21. The summed E-state index contributed by atoms with van der Waals surface area (Å²) in [6.45, 7) is 1.64. The molecular formula is C12H21NO3. The first kappa shape index (κ1) is 13.0. The van der Waals surface area contributed by atoms with E-state index in [1.54, 1.807) is 6.92 Å². The summed E-state index contributed by atoms with van der Waals surface area (Å²) in [4.78, 5) is 22.7. The second kappa shape index (κ2) is 6.51. The van der Waals surface area contributed by atoms with Crippen molar-refractivity contribution in [1.82, 2.24) is 5.32 Å². The van der Waals surface area contributed by atoms with E-state index in [4.69, 9.17) is 0 Å². The smallest absolute Gasteiger partial charge is 0.328 e. The molecule has 0 heterocycles. The number of amides is 1. The average Bonchev–Trinajstić information content (AvgIpc) is 2.29. The number of hydrogen-bond donors (Lipinski definition) is 1. The van der Waals surface area contributed by atoms with Gasteiger partial charge < -0.3 is 10.1 Å². The molecule has 1 atom stereocenters. The van der Waals surface area contributed by atoms with Crippen molar-refractivity contribution in [3.8, 4) is 0 Å². The van der Waals surface area contributed by atoms with Crippen LogP contribution >= 0.6 is 0 Å². The standard InChI is InChI=1S/C12H21NO3/c1-9(12(15)16-2)13-11(14)8-10-6-4-3-5-7-10/h9-10H,3-8H2,1-2H3,(H,13,14)/t9-/m1/s1. The molecule has 0 aliphatic heterocycles. The van der Waals surface area contributed by atoms with Crippen molar-refractivity contribution in [3.63, 3.8) is 0 Å². The van der Waals surface area contributed by atoms with E-state index in [-0.39, 0.29) is 5.91 Å². The molecule has 1 amide bonds. The van der Waals surface area contributed by atoms with Crippen LogP contribution in [0.1, 0.15) is 45.4 Å². The van der Waals surface area contributed by atoms with E-state index in [0.29, 0.717) is 12.3 Å². The van der Waals surface area contributed by atoms with Gasteiger partial charge in [-0.25, -0.2) is 4.79 Å². The average molecular weight is 227 g/mol. The van der Waals surface area contributed by atoms with Crippen LogP contribution in [0, 0.1) is 5.92 Å². The third kappa shape index (κ3) is 4.21. The van der Waals surface area contributed by atoms with E-state index < -0.39 is 12.0 Å². The summed E-state index contributed by atoms with van der Waals surface area (Å²) in [7, 11) is 1.33. The highest BCUT2D eigenvalue weighted by Crippen LogP contribution is 2.26. The van der Waals surface area contributed by atoms with E-state index in [2.05, 4.69) is 10.1 Å². The minimum absolute atomic E-state index is 0.0372. The van der Waals surface area contributed by atoms with E-state index in [1.807, 2.05) is 0 Å². The van der Waals surface area contributed by atoms with Gasteiger partial charge in [0.05, 0.1) is 7.11 Å². The monoisotopic (exact) mass is 227 g/mol. The second-order valence-electron chi connectivity index (χ2n) is 4.52. The molecular weight excluding hydrogens is 206 g/mol. The van der Waals surface area contributed by atoms with Crippen LogP contribution in [0.2, 0.25) is 0 Å². The lowest BCUT2D eigenvalue weighted by Crippen LogP contribution is -2.39. The molecule has 1 aliphatic carbocycles. The van der Waals surface area contributed by atoms with Gasteiger partial charge in [-0.3, -0.25) is 4.79 Å². The van der Waals surface area contributed by atoms with Crippen molar-refractivity contribution in [2.75, 3.05) is 7.11 Å². The van der Waals surface area contributed by atoms with Gasteiger partial charge >= 0.3 is 5.97 Å². The van der Waals surface area contributed by atoms with Gasteiger partial charge in [0.25, 0.3) is 0 Å². The van der Waals surface area contributed by atoms with Gasteiger partial charge in [-0.05, 0) is 25.7 Å². The van der Waals surface area contributed by atoms with Gasteiger partial charge in [0, 0.05) is 6.42 Å². The van der Waals surface area contributed by atoms with Crippen molar-refractivity contribution in [2.45, 2.75) is 51.5 Å². The molecule has 0 aromatic carbocycles. The maximum atomic E-state index is 11.6. The van der Waals surface area contributed by atoms with Crippen LogP contribution in [0.15, 0.2) is 0 Å². The predicted octanol–water partition coefficient (Wildman–Crippen LogP) is 1.63. The number of methoxy groups -OCH3 is 1. The van der Waals surface area contributed by atoms with Crippen molar-refractivity contribution in [2.24, 2.45) is 5.92 Å². The quantitative estimate of drug-likeness (QED) is 0.743. The molecule has 1 saturated carbocycles. The van der Waals surface area contributed by atoms with Crippen LogP contribution in [-0.4, -0.2) is 25.0 Å². The van der Waals surface area contributed by atoms with Crippen molar-refractivity contribution in [3.05, 3.63) is 0 Å². The van der Waals surface area contributed by atoms with Gasteiger partial charge in [-0.2, -0.15) is 0 Å². The topological polar surface area (TPSA) is 55.4 Å². The maximum Gasteiger partial charge on any atom is 0.328 e. The Morgan fingerprint density at radius 3 is 2.50 bits per heavy atom. The molecule has 0 radical (unpaired) electrons. The SMILES string of the molecule is COC(=O)[C@@H](C)NC(=O)CC1CCCCC1. The fourth-order valence-corrected chi connectivity index (χ4v) is 2.19. The van der Waals surface area contributed by atoms with Gasteiger partial charge in [0.1, 0.15) is 6.04 Å². The summed E-state index contributed by atoms with van der Waals surface area (Å²) >= 11 is 0. The first-order valence-corrected chi connectivity index (χ1v) is 6.00. The Kier molecular flexibility index (Phi) is 5.29. The zero-order valence-corrected chi connectivity index (χ0v) is 10.1. The third-order valence-electron chi connectivity index (χ3n) is 3.13. The lowest BCUT2D eigenvalue weighted by molar-refractivity contribution is -0.144. The van der Waals surface area contributed by atoms with Crippen molar-refractivity contribution in [1.29, 1.82) is 0 Å². The Morgan fingerprint density at radius 2 is 1.94 bits per heavy atom. The van der Waals surface area contributed by atoms with E-state index in [9.17, 15) is 9.59 Å². The highest BCUT2D eigenvalue weighted by Gasteiger charge is 2.20. The van der Waals surface area contributed by atoms with Gasteiger partial charge in [0.2, 0.25) is 5.91 Å². The minimum Gasteiger partial charge on any atom is -0.467 e. The maximum absolute atomic E-state index is 11.6. The number of hydrogen-bond acceptors (Lipinski definition) is 3. The summed E-state index contributed by atoms with van der Waals surface area (Å²) in [6.07, 6.45) is 6.56. The molecule has 1 N–H and O–H groups in total. The summed E-state index contributed by atoms with van der Waals surface area (Å²) in [5, 5.41) is 2.66. The number of esters is 1. The molecule has 1 aliphatic rings. The van der Waals surface area contributed by atoms with Crippen LogP contribution in [0.25, 0.3) is 0 Å². The van der Waals surface area contributed by atoms with E-state index in [1.165, 1.54) is 26.4 Å². The Hall–Kier alpha value is -1.06. The zero-order valence-electron chi connectivity index (χ0n) is 10.1. The molecule has 0 unspecified atom stereocenters. The molecule has 0 aromatic heterocycles. The number of carbonyl (C=O) groups is 2. The molecule has 1 fully saturated rings. The minimum atomic E-state index is -0.541. The molecule has 0 spiro atoms. The zero-order chi connectivity index (χ0) is 12.0. The molecule has 92 valence electrons. The fourth-order valence-electron chi connectivity index (χ4n) is 2.19. The normalized spacial score (nSPS) is 18.9. The molecule has 1 rings (SSSR count). The summed E-state index contributed by atoms with van der Waals surface area (Å²) in [6, 6.07) is -0.541. The Balaban J connectivity index is 2.26. The van der Waals surface area contributed by atoms with Crippen molar-refractivity contribution >= 4 is 11.9 Å². The fraction of sp³-hybridized carbons (Fsp3) is 0.833. The predicted molar refractivity (Wildman–Crippen MR) is 60.8 cm³/mol. The summed E-state index contributed by atoms with van der Waals surface area (Å²) in [5.74, 6) is 0.0698. The van der Waals surface area contributed by atoms with Gasteiger partial charge in [-0.1, -0.05) is 19.3 Å². The largest absolute Gasteiger partial charge is 0.467 e. The third-order valence-corrected chi connectivity index (χ3v) is 3.13. The van der Waals surface area contributed by atoms with Crippen LogP contribution in [0.4, 0.5) is 0 Å². The van der Waals surface area contributed by atoms with E-state index in [0.717, 1.165) is 12.8 Å². The van der Waals surface area contributed by atoms with Crippen LogP contribution in [0.3, 0.4) is 0 Å². The number of rotatable bonds is 4. The molecule has 16 heavy (non-hydrogen) atoms. The highest BCUT2D eigenvalue weighted by molar-refractivity contribution is 5.84. The summed E-state index contributed by atoms with van der Waals surface area (Å²) in [5.41, 5.74) is 0. The Labute approximate surface area is 96.7 Å². The molecule has 0 aromatic rings. The molecule has 0 saturated heterocycles. The summed E-state index contributed by atoms with van der Waals surface area (Å²) < 4.78 is 4.55.